The molecule has 0 saturated heterocycles. The van der Waals surface area contributed by atoms with Crippen LogP contribution in [0.4, 0.5) is 0 Å². The van der Waals surface area contributed by atoms with E-state index in [0.717, 1.165) is 5.56 Å². The van der Waals surface area contributed by atoms with Gasteiger partial charge in [0, 0.05) is 0 Å². The Morgan fingerprint density at radius 2 is 1.61 bits per heavy atom. The van der Waals surface area contributed by atoms with E-state index in [1.54, 1.807) is 0 Å². The molecular formula is C17H20O. The van der Waals surface area contributed by atoms with Gasteiger partial charge in [0.05, 0.1) is 6.10 Å². The van der Waals surface area contributed by atoms with E-state index in [4.69, 9.17) is 0 Å². The number of aliphatic hydroxyl groups excluding tert-OH is 1. The van der Waals surface area contributed by atoms with Gasteiger partial charge in [0.15, 0.2) is 0 Å². The molecule has 0 aliphatic heterocycles. The summed E-state index contributed by atoms with van der Waals surface area (Å²) < 4.78 is 0. The van der Waals surface area contributed by atoms with Crippen LogP contribution in [-0.2, 0) is 0 Å². The normalized spacial score (nSPS) is 18.9. The summed E-state index contributed by atoms with van der Waals surface area (Å²) >= 11 is 0. The van der Waals surface area contributed by atoms with Crippen LogP contribution >= 0.6 is 0 Å². The summed E-state index contributed by atoms with van der Waals surface area (Å²) in [6.45, 7) is 0. The molecule has 0 radical (unpaired) electrons. The van der Waals surface area contributed by atoms with Crippen molar-refractivity contribution in [2.45, 2.75) is 38.2 Å². The quantitative estimate of drug-likeness (QED) is 0.822. The predicted molar refractivity (Wildman–Crippen MR) is 75.5 cm³/mol. The third kappa shape index (κ3) is 2.15. The summed E-state index contributed by atoms with van der Waals surface area (Å²) in [6.07, 6.45) is 5.92. The molecule has 1 N–H and O–H groups in total. The molecule has 1 aliphatic carbocycles. The molecule has 3 rings (SSSR count). The molecule has 2 aromatic carbocycles. The molecule has 1 nitrogen and oxygen atoms in total. The van der Waals surface area contributed by atoms with Gasteiger partial charge in [0.2, 0.25) is 0 Å². The number of fused-ring (bicyclic) bond motifs is 1. The van der Waals surface area contributed by atoms with Gasteiger partial charge in [-0.2, -0.15) is 0 Å². The van der Waals surface area contributed by atoms with Crippen molar-refractivity contribution in [1.29, 1.82) is 0 Å². The molecule has 0 heterocycles. The Morgan fingerprint density at radius 3 is 2.44 bits per heavy atom. The molecule has 1 heteroatoms. The first-order valence-electron chi connectivity index (χ1n) is 7.02. The minimum Gasteiger partial charge on any atom is -0.388 e. The van der Waals surface area contributed by atoms with Gasteiger partial charge in [-0.3, -0.25) is 0 Å². The maximum absolute atomic E-state index is 10.6. The Bertz CT molecular complexity index is 521. The van der Waals surface area contributed by atoms with Crippen molar-refractivity contribution in [2.24, 2.45) is 5.92 Å². The van der Waals surface area contributed by atoms with E-state index in [1.807, 2.05) is 0 Å². The topological polar surface area (TPSA) is 20.2 Å². The minimum absolute atomic E-state index is 0.295. The van der Waals surface area contributed by atoms with Crippen LogP contribution < -0.4 is 0 Å². The Kier molecular flexibility index (Phi) is 3.33. The summed E-state index contributed by atoms with van der Waals surface area (Å²) in [6, 6.07) is 14.6. The Balaban J connectivity index is 1.97. The molecule has 0 aromatic heterocycles. The van der Waals surface area contributed by atoms with Crippen LogP contribution in [0.3, 0.4) is 0 Å². The highest BCUT2D eigenvalue weighted by molar-refractivity contribution is 5.85. The fourth-order valence-electron chi connectivity index (χ4n) is 3.21. The number of hydrogen-bond acceptors (Lipinski definition) is 1. The van der Waals surface area contributed by atoms with Crippen LogP contribution in [0.5, 0.6) is 0 Å². The van der Waals surface area contributed by atoms with Crippen LogP contribution in [0.2, 0.25) is 0 Å². The molecule has 1 fully saturated rings. The molecule has 18 heavy (non-hydrogen) atoms. The fraction of sp³-hybridized carbons (Fsp3) is 0.412. The largest absolute Gasteiger partial charge is 0.388 e. The van der Waals surface area contributed by atoms with Crippen molar-refractivity contribution in [1.82, 2.24) is 0 Å². The second-order valence-corrected chi connectivity index (χ2v) is 5.41. The first-order valence-corrected chi connectivity index (χ1v) is 7.02. The van der Waals surface area contributed by atoms with E-state index in [1.165, 1.54) is 42.9 Å². The molecule has 0 amide bonds. The van der Waals surface area contributed by atoms with E-state index < -0.39 is 0 Å². The van der Waals surface area contributed by atoms with Gasteiger partial charge in [0.1, 0.15) is 0 Å². The summed E-state index contributed by atoms with van der Waals surface area (Å²) in [5.74, 6) is 0.449. The van der Waals surface area contributed by atoms with Crippen molar-refractivity contribution < 1.29 is 5.11 Å². The van der Waals surface area contributed by atoms with Crippen LogP contribution in [-0.4, -0.2) is 5.11 Å². The van der Waals surface area contributed by atoms with Gasteiger partial charge >= 0.3 is 0 Å². The van der Waals surface area contributed by atoms with Gasteiger partial charge < -0.3 is 5.11 Å². The summed E-state index contributed by atoms with van der Waals surface area (Å²) in [5.41, 5.74) is 1.11. The zero-order valence-electron chi connectivity index (χ0n) is 10.7. The molecule has 0 bridgehead atoms. The second kappa shape index (κ2) is 5.11. The SMILES string of the molecule is OC(c1cccc2ccccc12)C1CCCCC1. The van der Waals surface area contributed by atoms with Gasteiger partial charge in [-0.25, -0.2) is 0 Å². The lowest BCUT2D eigenvalue weighted by atomic mass is 9.81. The monoisotopic (exact) mass is 240 g/mol. The Morgan fingerprint density at radius 1 is 0.889 bits per heavy atom. The third-order valence-electron chi connectivity index (χ3n) is 4.24. The first kappa shape index (κ1) is 11.7. The van der Waals surface area contributed by atoms with E-state index in [9.17, 15) is 5.11 Å². The molecule has 2 aromatic rings. The molecule has 1 saturated carbocycles. The third-order valence-corrected chi connectivity index (χ3v) is 4.24. The zero-order valence-corrected chi connectivity index (χ0v) is 10.7. The van der Waals surface area contributed by atoms with Crippen molar-refractivity contribution in [3.05, 3.63) is 48.0 Å². The molecule has 1 unspecified atom stereocenters. The molecule has 94 valence electrons. The Hall–Kier alpha value is -1.34. The molecular weight excluding hydrogens is 220 g/mol. The van der Waals surface area contributed by atoms with Crippen molar-refractivity contribution in [3.63, 3.8) is 0 Å². The first-order chi connectivity index (χ1) is 8.86. The standard InChI is InChI=1S/C17H20O/c18-17(14-8-2-1-3-9-14)16-12-6-10-13-7-4-5-11-15(13)16/h4-7,10-12,14,17-18H,1-3,8-9H2. The van der Waals surface area contributed by atoms with Crippen molar-refractivity contribution in [2.75, 3.05) is 0 Å². The second-order valence-electron chi connectivity index (χ2n) is 5.41. The number of benzene rings is 2. The van der Waals surface area contributed by atoms with E-state index >= 15 is 0 Å². The number of aliphatic hydroxyl groups is 1. The van der Waals surface area contributed by atoms with E-state index in [2.05, 4.69) is 42.5 Å². The van der Waals surface area contributed by atoms with Crippen LogP contribution in [0.25, 0.3) is 10.8 Å². The highest BCUT2D eigenvalue weighted by Crippen LogP contribution is 2.36. The summed E-state index contributed by atoms with van der Waals surface area (Å²) in [7, 11) is 0. The van der Waals surface area contributed by atoms with Crippen LogP contribution in [0.15, 0.2) is 42.5 Å². The fourth-order valence-corrected chi connectivity index (χ4v) is 3.21. The lowest BCUT2D eigenvalue weighted by Gasteiger charge is -2.27. The number of hydrogen-bond donors (Lipinski definition) is 1. The van der Waals surface area contributed by atoms with Gasteiger partial charge in [-0.1, -0.05) is 61.7 Å². The van der Waals surface area contributed by atoms with Crippen LogP contribution in [0, 0.1) is 5.92 Å². The lowest BCUT2D eigenvalue weighted by Crippen LogP contribution is -2.16. The highest BCUT2D eigenvalue weighted by Gasteiger charge is 2.24. The van der Waals surface area contributed by atoms with Gasteiger partial charge in [0.25, 0.3) is 0 Å². The maximum Gasteiger partial charge on any atom is 0.0824 e. The lowest BCUT2D eigenvalue weighted by molar-refractivity contribution is 0.0861. The Labute approximate surface area is 108 Å². The molecule has 1 atom stereocenters. The molecule has 0 spiro atoms. The minimum atomic E-state index is -0.295. The predicted octanol–water partition coefficient (Wildman–Crippen LogP) is 4.45. The average Bonchev–Trinajstić information content (AvgIpc) is 2.47. The van der Waals surface area contributed by atoms with Crippen molar-refractivity contribution >= 4 is 10.8 Å². The molecule has 1 aliphatic rings. The maximum atomic E-state index is 10.6. The van der Waals surface area contributed by atoms with Crippen LogP contribution in [0.1, 0.15) is 43.8 Å². The van der Waals surface area contributed by atoms with Gasteiger partial charge in [-0.05, 0) is 35.1 Å². The van der Waals surface area contributed by atoms with E-state index in [0.29, 0.717) is 5.92 Å². The highest BCUT2D eigenvalue weighted by atomic mass is 16.3. The van der Waals surface area contributed by atoms with Gasteiger partial charge in [-0.15, -0.1) is 0 Å². The summed E-state index contributed by atoms with van der Waals surface area (Å²) in [5, 5.41) is 13.1. The van der Waals surface area contributed by atoms with E-state index in [-0.39, 0.29) is 6.10 Å². The smallest absolute Gasteiger partial charge is 0.0824 e. The zero-order chi connectivity index (χ0) is 12.4. The summed E-state index contributed by atoms with van der Waals surface area (Å²) in [4.78, 5) is 0. The average molecular weight is 240 g/mol. The van der Waals surface area contributed by atoms with Crippen molar-refractivity contribution in [3.8, 4) is 0 Å². The number of rotatable bonds is 2.